The van der Waals surface area contributed by atoms with Crippen LogP contribution < -0.4 is 10.6 Å². The molecule has 1 aromatic carbocycles. The first-order valence-electron chi connectivity index (χ1n) is 7.15. The molecule has 0 radical (unpaired) electrons. The Kier molecular flexibility index (Phi) is 7.92. The van der Waals surface area contributed by atoms with Crippen molar-refractivity contribution in [2.75, 3.05) is 13.1 Å². The fourth-order valence-corrected chi connectivity index (χ4v) is 1.97. The molecule has 0 spiro atoms. The zero-order valence-electron chi connectivity index (χ0n) is 12.2. The van der Waals surface area contributed by atoms with E-state index in [4.69, 9.17) is 0 Å². The molecule has 6 heteroatoms. The fourth-order valence-electron chi connectivity index (χ4n) is 1.97. The molecule has 1 fully saturated rings. The van der Waals surface area contributed by atoms with E-state index in [1.165, 1.54) is 18.9 Å². The van der Waals surface area contributed by atoms with Crippen molar-refractivity contribution < 1.29 is 8.78 Å². The number of hydrogen-bond acceptors (Lipinski definition) is 1. The molecule has 0 heterocycles. The predicted molar refractivity (Wildman–Crippen MR) is 91.9 cm³/mol. The molecule has 0 atom stereocenters. The van der Waals surface area contributed by atoms with Crippen LogP contribution in [0.5, 0.6) is 0 Å². The molecule has 0 unspecified atom stereocenters. The van der Waals surface area contributed by atoms with Crippen LogP contribution in [-0.4, -0.2) is 19.0 Å². The van der Waals surface area contributed by atoms with Gasteiger partial charge >= 0.3 is 0 Å². The van der Waals surface area contributed by atoms with Crippen LogP contribution in [-0.2, 0) is 6.54 Å². The number of benzene rings is 1. The maximum atomic E-state index is 13.5. The first-order valence-corrected chi connectivity index (χ1v) is 7.15. The second kappa shape index (κ2) is 9.17. The van der Waals surface area contributed by atoms with Crippen LogP contribution in [0.15, 0.2) is 23.2 Å². The van der Waals surface area contributed by atoms with Gasteiger partial charge in [0.15, 0.2) is 5.96 Å². The monoisotopic (exact) mass is 409 g/mol. The smallest absolute Gasteiger partial charge is 0.191 e. The first kappa shape index (κ1) is 18.1. The Balaban J connectivity index is 0.00000220. The van der Waals surface area contributed by atoms with Gasteiger partial charge in [-0.1, -0.05) is 12.8 Å². The minimum absolute atomic E-state index is 0. The summed E-state index contributed by atoms with van der Waals surface area (Å²) in [5, 5.41) is 6.32. The van der Waals surface area contributed by atoms with Gasteiger partial charge in [0.25, 0.3) is 0 Å². The number of aliphatic imine (C=N–C) groups is 1. The Morgan fingerprint density at radius 2 is 2.05 bits per heavy atom. The summed E-state index contributed by atoms with van der Waals surface area (Å²) in [5.74, 6) is 0.634. The number of rotatable bonds is 6. The first-order chi connectivity index (χ1) is 9.69. The van der Waals surface area contributed by atoms with E-state index in [0.717, 1.165) is 37.6 Å². The Labute approximate surface area is 141 Å². The summed E-state index contributed by atoms with van der Waals surface area (Å²) in [5.41, 5.74) is 0.268. The summed E-state index contributed by atoms with van der Waals surface area (Å²) in [6.45, 7) is 3.70. The Bertz CT molecular complexity index is 476. The molecule has 0 aliphatic heterocycles. The average Bonchev–Trinajstić information content (AvgIpc) is 3.23. The molecule has 21 heavy (non-hydrogen) atoms. The van der Waals surface area contributed by atoms with E-state index < -0.39 is 11.6 Å². The van der Waals surface area contributed by atoms with Gasteiger partial charge in [-0.25, -0.2) is 13.8 Å². The molecule has 0 amide bonds. The van der Waals surface area contributed by atoms with Gasteiger partial charge in [0.2, 0.25) is 0 Å². The second-order valence-corrected chi connectivity index (χ2v) is 5.09. The van der Waals surface area contributed by atoms with Crippen LogP contribution in [0.4, 0.5) is 8.78 Å². The van der Waals surface area contributed by atoms with Crippen LogP contribution in [0.1, 0.15) is 31.7 Å². The molecule has 2 rings (SSSR count). The van der Waals surface area contributed by atoms with Gasteiger partial charge in [0.05, 0.1) is 6.54 Å². The lowest BCUT2D eigenvalue weighted by molar-refractivity contribution is 0.585. The van der Waals surface area contributed by atoms with E-state index in [1.54, 1.807) is 0 Å². The summed E-state index contributed by atoms with van der Waals surface area (Å²) >= 11 is 0. The van der Waals surface area contributed by atoms with E-state index >= 15 is 0 Å². The van der Waals surface area contributed by atoms with Gasteiger partial charge < -0.3 is 10.6 Å². The number of guanidine groups is 1. The molecule has 1 aromatic rings. The van der Waals surface area contributed by atoms with Gasteiger partial charge in [0, 0.05) is 18.7 Å². The Hall–Kier alpha value is -0.920. The molecular weight excluding hydrogens is 387 g/mol. The second-order valence-electron chi connectivity index (χ2n) is 5.09. The summed E-state index contributed by atoms with van der Waals surface area (Å²) < 4.78 is 26.6. The van der Waals surface area contributed by atoms with Crippen LogP contribution in [0.2, 0.25) is 0 Å². The molecular formula is C15H22F2IN3. The molecule has 1 aliphatic carbocycles. The van der Waals surface area contributed by atoms with Crippen LogP contribution in [0.25, 0.3) is 0 Å². The summed E-state index contributed by atoms with van der Waals surface area (Å²) in [6, 6.07) is 3.43. The lowest BCUT2D eigenvalue weighted by atomic mass is 10.2. The lowest BCUT2D eigenvalue weighted by Gasteiger charge is -2.11. The summed E-state index contributed by atoms with van der Waals surface area (Å²) in [7, 11) is 0. The van der Waals surface area contributed by atoms with Crippen LogP contribution >= 0.6 is 24.0 Å². The number of halogens is 3. The topological polar surface area (TPSA) is 36.4 Å². The standard InChI is InChI=1S/C15H21F2N3.HI/c1-2-18-15(19-8-7-11-3-4-11)20-10-12-9-13(16)5-6-14(12)17;/h5-6,9,11H,2-4,7-8,10H2,1H3,(H2,18,19,20);1H. The van der Waals surface area contributed by atoms with Gasteiger partial charge in [-0.15, -0.1) is 24.0 Å². The molecule has 2 N–H and O–H groups in total. The predicted octanol–water partition coefficient (Wildman–Crippen LogP) is 3.44. The van der Waals surface area contributed by atoms with E-state index in [9.17, 15) is 8.78 Å². The van der Waals surface area contributed by atoms with Crippen molar-refractivity contribution in [2.45, 2.75) is 32.7 Å². The maximum absolute atomic E-state index is 13.5. The van der Waals surface area contributed by atoms with Gasteiger partial charge in [-0.2, -0.15) is 0 Å². The van der Waals surface area contributed by atoms with Crippen molar-refractivity contribution in [2.24, 2.45) is 10.9 Å². The van der Waals surface area contributed by atoms with Gasteiger partial charge in [-0.05, 0) is 37.5 Å². The molecule has 1 aliphatic rings. The minimum atomic E-state index is -0.441. The zero-order valence-corrected chi connectivity index (χ0v) is 14.5. The number of hydrogen-bond donors (Lipinski definition) is 2. The van der Waals surface area contributed by atoms with Crippen molar-refractivity contribution in [1.82, 2.24) is 10.6 Å². The molecule has 3 nitrogen and oxygen atoms in total. The van der Waals surface area contributed by atoms with Crippen molar-refractivity contribution in [1.29, 1.82) is 0 Å². The highest BCUT2D eigenvalue weighted by Crippen LogP contribution is 2.31. The highest BCUT2D eigenvalue weighted by atomic mass is 127. The normalized spacial score (nSPS) is 14.5. The van der Waals surface area contributed by atoms with Crippen molar-refractivity contribution in [3.05, 3.63) is 35.4 Å². The molecule has 1 saturated carbocycles. The van der Waals surface area contributed by atoms with Crippen LogP contribution in [0, 0.1) is 17.6 Å². The zero-order chi connectivity index (χ0) is 14.4. The van der Waals surface area contributed by atoms with Crippen molar-refractivity contribution in [3.8, 4) is 0 Å². The molecule has 0 bridgehead atoms. The van der Waals surface area contributed by atoms with E-state index in [2.05, 4.69) is 15.6 Å². The summed E-state index contributed by atoms with van der Waals surface area (Å²) in [6.07, 6.45) is 3.78. The fraction of sp³-hybridized carbons (Fsp3) is 0.533. The molecule has 118 valence electrons. The lowest BCUT2D eigenvalue weighted by Crippen LogP contribution is -2.37. The highest BCUT2D eigenvalue weighted by molar-refractivity contribution is 14.0. The number of nitrogens with one attached hydrogen (secondary N) is 2. The van der Waals surface area contributed by atoms with Gasteiger partial charge in [-0.3, -0.25) is 0 Å². The Morgan fingerprint density at radius 3 is 2.71 bits per heavy atom. The summed E-state index contributed by atoms with van der Waals surface area (Å²) in [4.78, 5) is 4.29. The number of nitrogens with zero attached hydrogens (tertiary/aromatic N) is 1. The van der Waals surface area contributed by atoms with Gasteiger partial charge in [0.1, 0.15) is 11.6 Å². The quantitative estimate of drug-likeness (QED) is 0.429. The Morgan fingerprint density at radius 1 is 1.29 bits per heavy atom. The van der Waals surface area contributed by atoms with Crippen molar-refractivity contribution in [3.63, 3.8) is 0 Å². The third kappa shape index (κ3) is 6.58. The molecule has 0 saturated heterocycles. The third-order valence-corrected chi connectivity index (χ3v) is 3.30. The van der Waals surface area contributed by atoms with E-state index in [1.807, 2.05) is 6.92 Å². The van der Waals surface area contributed by atoms with Crippen molar-refractivity contribution >= 4 is 29.9 Å². The van der Waals surface area contributed by atoms with E-state index in [-0.39, 0.29) is 36.1 Å². The molecule has 0 aromatic heterocycles. The maximum Gasteiger partial charge on any atom is 0.191 e. The van der Waals surface area contributed by atoms with E-state index in [0.29, 0.717) is 5.96 Å². The van der Waals surface area contributed by atoms with Crippen LogP contribution in [0.3, 0.4) is 0 Å². The third-order valence-electron chi connectivity index (χ3n) is 3.30. The average molecular weight is 409 g/mol. The largest absolute Gasteiger partial charge is 0.357 e. The minimum Gasteiger partial charge on any atom is -0.357 e. The SMILES string of the molecule is CCNC(=NCc1cc(F)ccc1F)NCCC1CC1.I. The highest BCUT2D eigenvalue weighted by Gasteiger charge is 2.20.